The van der Waals surface area contributed by atoms with Gasteiger partial charge < -0.3 is 138 Å². The van der Waals surface area contributed by atoms with Gasteiger partial charge in [-0.05, 0) is 152 Å². The molecule has 0 aliphatic carbocycles. The first-order valence-electron chi connectivity index (χ1n) is 39.3. The molecule has 125 heavy (non-hydrogen) atoms. The molecule has 2 fully saturated rings. The number of aryl methyl sites for hydroxylation is 1. The third-order valence-electron chi connectivity index (χ3n) is 21.9. The molecule has 18 atom stereocenters. The minimum absolute atomic E-state index is 0. The number of hydrogen-bond donors (Lipinski definition) is 20. The number of ether oxygens (including phenoxy) is 7. The van der Waals surface area contributed by atoms with Gasteiger partial charge in [-0.15, -0.1) is 24.8 Å². The van der Waals surface area contributed by atoms with Crippen LogP contribution in [0.2, 0.25) is 10.0 Å². The summed E-state index contributed by atoms with van der Waals surface area (Å²) in [5, 5.41) is 141. The first kappa shape index (κ1) is 94.5. The number of nitrogens with two attached hydrogens (primary N) is 1. The Labute approximate surface area is 736 Å². The van der Waals surface area contributed by atoms with Crippen molar-refractivity contribution in [2.24, 2.45) is 11.7 Å². The molecule has 2 saturated heterocycles. The number of hydrogen-bond acceptors (Lipinski definition) is 28. The van der Waals surface area contributed by atoms with E-state index in [0.29, 0.717) is 18.9 Å². The van der Waals surface area contributed by atoms with Crippen LogP contribution in [-0.4, -0.2) is 209 Å². The number of carbonyl (C=O) groups is 8. The van der Waals surface area contributed by atoms with Crippen molar-refractivity contribution in [3.05, 3.63) is 183 Å². The third-order valence-corrected chi connectivity index (χ3v) is 22.5. The zero-order valence-electron chi connectivity index (χ0n) is 67.7. The highest BCUT2D eigenvalue weighted by Gasteiger charge is 2.52. The lowest BCUT2D eigenvalue weighted by Crippen LogP contribution is -2.65. The van der Waals surface area contributed by atoms with E-state index in [1.54, 1.807) is 32.2 Å². The van der Waals surface area contributed by atoms with Gasteiger partial charge in [0.25, 0.3) is 0 Å². The van der Waals surface area contributed by atoms with Crippen LogP contribution < -0.4 is 72.5 Å². The van der Waals surface area contributed by atoms with Crippen LogP contribution in [0, 0.1) is 12.8 Å². The maximum Gasteiger partial charge on any atom is 0.330 e. The number of nitrogens with zero attached hydrogens (tertiary/aromatic N) is 1. The second kappa shape index (κ2) is 40.0. The van der Waals surface area contributed by atoms with Crippen molar-refractivity contribution in [1.82, 2.24) is 47.5 Å². The maximum absolute atomic E-state index is 16.2. The number of aliphatic hydroxyl groups is 6. The smallest absolute Gasteiger partial charge is 0.330 e. The van der Waals surface area contributed by atoms with E-state index in [-0.39, 0.29) is 77.6 Å². The summed E-state index contributed by atoms with van der Waals surface area (Å²) >= 11 is 14.3. The Hall–Kier alpha value is -11.2. The van der Waals surface area contributed by atoms with E-state index < -0.39 is 237 Å². The summed E-state index contributed by atoms with van der Waals surface area (Å²) in [5.74, 6) is -15.5. The Bertz CT molecular complexity index is 5380. The molecule has 9 unspecified atom stereocenters. The fraction of sp³-hybridized carbons (Fsp3) is 0.376. The zero-order chi connectivity index (χ0) is 88.3. The number of rotatable bonds is 21. The predicted molar refractivity (Wildman–Crippen MR) is 453 cm³/mol. The van der Waals surface area contributed by atoms with Crippen LogP contribution in [0.25, 0.3) is 22.0 Å². The van der Waals surface area contributed by atoms with Crippen molar-refractivity contribution in [2.45, 2.75) is 170 Å². The quantitative estimate of drug-likeness (QED) is 0.0415. The van der Waals surface area contributed by atoms with E-state index in [0.717, 1.165) is 94.4 Å². The number of aliphatic carboxylic acids is 1. The van der Waals surface area contributed by atoms with Crippen LogP contribution in [0.3, 0.4) is 0 Å². The van der Waals surface area contributed by atoms with E-state index in [1.807, 2.05) is 57.2 Å². The van der Waals surface area contributed by atoms with Gasteiger partial charge in [0.05, 0.1) is 46.8 Å². The first-order valence-corrected chi connectivity index (χ1v) is 40.1. The molecule has 40 heteroatoms. The molecule has 0 saturated carbocycles. The monoisotopic (exact) mass is 1810 g/mol. The number of aromatic hydroxyl groups is 3. The Balaban J connectivity index is 0.00000759. The van der Waals surface area contributed by atoms with Crippen LogP contribution in [0.5, 0.6) is 51.7 Å². The number of amides is 7. The lowest BCUT2D eigenvalue weighted by atomic mass is 9.84. The lowest BCUT2D eigenvalue weighted by Gasteiger charge is -2.48. The van der Waals surface area contributed by atoms with E-state index in [9.17, 15) is 75.0 Å². The molecule has 7 aromatic carbocycles. The number of aromatic nitrogens is 1. The van der Waals surface area contributed by atoms with E-state index in [2.05, 4.69) is 52.8 Å². The Kier molecular flexibility index (Phi) is 30.2. The molecule has 15 rings (SSSR count). The van der Waals surface area contributed by atoms with Gasteiger partial charge in [-0.25, -0.2) is 4.79 Å². The minimum Gasteiger partial charge on any atom is -0.508 e. The molecule has 0 spiro atoms. The summed E-state index contributed by atoms with van der Waals surface area (Å²) in [4.78, 5) is 123. The van der Waals surface area contributed by atoms with Crippen molar-refractivity contribution >= 4 is 112 Å². The van der Waals surface area contributed by atoms with Crippen molar-refractivity contribution in [1.29, 1.82) is 0 Å². The number of pyridine rings is 1. The number of phenols is 3. The van der Waals surface area contributed by atoms with Crippen LogP contribution in [-0.2, 0) is 59.1 Å². The van der Waals surface area contributed by atoms with Gasteiger partial charge in [-0.1, -0.05) is 79.5 Å². The fourth-order valence-electron chi connectivity index (χ4n) is 15.4. The van der Waals surface area contributed by atoms with Gasteiger partial charge in [-0.3, -0.25) is 38.5 Å². The fourth-order valence-corrected chi connectivity index (χ4v) is 15.9. The molecule has 1 aromatic heterocycles. The number of carboxylic acids is 1. The Morgan fingerprint density at radius 3 is 1.99 bits per heavy atom. The Morgan fingerprint density at radius 2 is 1.35 bits per heavy atom. The van der Waals surface area contributed by atoms with Crippen LogP contribution in [0.1, 0.15) is 116 Å². The molecule has 7 aliphatic heterocycles. The summed E-state index contributed by atoms with van der Waals surface area (Å²) in [7, 11) is 1.48. The number of likely N-dealkylation sites (N-methyl/N-ethyl adjacent to an activating group) is 1. The number of primary amides is 1. The third kappa shape index (κ3) is 21.0. The summed E-state index contributed by atoms with van der Waals surface area (Å²) < 4.78 is 45.7. The molecular formula is C85H95Cl4N11O25. The number of halogens is 4. The second-order valence-corrected chi connectivity index (χ2v) is 32.1. The summed E-state index contributed by atoms with van der Waals surface area (Å²) in [6, 6.07) is 14.5. The number of carboxylic acid groups (broad SMARTS) is 1. The van der Waals surface area contributed by atoms with Gasteiger partial charge in [0.2, 0.25) is 53.4 Å². The molecule has 11 bridgehead atoms. The Morgan fingerprint density at radius 1 is 0.704 bits per heavy atom. The first-order chi connectivity index (χ1) is 58.6. The number of carbonyl (C=O) groups excluding carboxylic acids is 7. The standard InChI is InChI=1S/C85H93Cl2N11O25.2ClH/c1-36(2)23-53(89-6)77(109)97-68-70(104)41-11-17-57(49(86)26-41)119-59-28-43-29-60(74(59)123-84-75(73(107)72(106)61(35-99)121-84)122-63-33-85(5,76(108)38(4)118-63)92-34-39-8-13-45(14-9-39)117-22-21-91-51-19-20-90-52-24-37(3)7-15-46(51)52)120-58-18-12-42(27-50(58)87)71(105)69-82(114)96-67(83(115)116)48-30-44(100)31-56(102)64(48)47-25-40(10-16-55(47)101)65(79(111)98-69)95-80(112)66(43)94-78(110)54(32-62(88)103)93-81(68)113;;/h7-20,24-31,36,38,53-54,61,63,65-73,75-76,84,89,92,99-102,104-108H,21-23,32-35H2,1-6H3,(H2,88,103)(H,90,91)(H,93,113)(H,94,110)(H,95,112)(H,96,114)(H,97,109)(H,98,111)(H,115,116);2*1H/t38?,53-,54+,61?,63?,65-,66-,67+,68-,69+,70-,71-,72?,73?,75?,76?,84?,85?;;/m1../s1. The molecule has 8 aromatic rings. The molecule has 21 N–H and O–H groups in total. The predicted octanol–water partition coefficient (Wildman–Crippen LogP) is 5.13. The number of benzene rings is 7. The minimum atomic E-state index is -2.37. The molecule has 668 valence electrons. The van der Waals surface area contributed by atoms with Crippen LogP contribution in [0.4, 0.5) is 5.69 Å². The largest absolute Gasteiger partial charge is 0.508 e. The van der Waals surface area contributed by atoms with Crippen molar-refractivity contribution in [3.8, 4) is 62.9 Å². The normalized spacial score (nSPS) is 25.8. The highest BCUT2D eigenvalue weighted by atomic mass is 35.5. The topological polar surface area (TPSA) is 551 Å². The van der Waals surface area contributed by atoms with E-state index >= 15 is 14.4 Å². The highest BCUT2D eigenvalue weighted by Crippen LogP contribution is 2.50. The van der Waals surface area contributed by atoms with Crippen LogP contribution in [0.15, 0.2) is 134 Å². The number of phenolic OH excluding ortho intramolecular Hbond substituents is 3. The average molecular weight is 1810 g/mol. The summed E-state index contributed by atoms with van der Waals surface area (Å²) in [5.41, 5.74) is 5.28. The molecule has 36 nitrogen and oxygen atoms in total. The van der Waals surface area contributed by atoms with E-state index in [4.69, 9.17) is 62.1 Å². The molecule has 7 aliphatic rings. The average Bonchev–Trinajstić information content (AvgIpc) is 0.766. The van der Waals surface area contributed by atoms with Gasteiger partial charge in [0.15, 0.2) is 29.9 Å². The second-order valence-electron chi connectivity index (χ2n) is 31.3. The SMILES string of the molecule is CN[C@H](CC(C)C)C(=O)N[C@H]1C(=O)N[C@@H](CC(N)=O)C(=O)N[C@H]2C(=O)N[C@H]3C(=O)N[C@H](C(=O)N[C@H](C(=O)O)c4cc(O)cc(O)c4-c4cc3ccc4O)[C@H](O)c3ccc(c(Cl)c3)Oc3cc2cc(c3OC2OC(CO)C(O)C(O)C2OC2CC(C)(NCc3ccc(OCCNc4ccnc5cc(C)ccc45)cc3)C(O)C(C)O2)Oc2ccc(cc2Cl)[C@H]1O.Cl.Cl. The van der Waals surface area contributed by atoms with Crippen LogP contribution >= 0.6 is 48.0 Å². The molecule has 0 radical (unpaired) electrons. The van der Waals surface area contributed by atoms with Gasteiger partial charge >= 0.3 is 5.97 Å². The maximum atomic E-state index is 16.2. The summed E-state index contributed by atoms with van der Waals surface area (Å²) in [6.45, 7) is 8.90. The highest BCUT2D eigenvalue weighted by molar-refractivity contribution is 6.32. The van der Waals surface area contributed by atoms with Gasteiger partial charge in [0, 0.05) is 65.1 Å². The van der Waals surface area contributed by atoms with E-state index in [1.165, 1.54) is 19.2 Å². The van der Waals surface area contributed by atoms with Gasteiger partial charge in [0.1, 0.15) is 102 Å². The molecular weight excluding hydrogens is 1720 g/mol. The van der Waals surface area contributed by atoms with Crippen molar-refractivity contribution < 1.29 is 123 Å². The molecule has 7 amide bonds. The molecule has 8 heterocycles. The summed E-state index contributed by atoms with van der Waals surface area (Å²) in [6.07, 6.45) is -17.1. The number of aliphatic hydroxyl groups excluding tert-OH is 6. The number of fused-ring (bicyclic) bond motifs is 16. The van der Waals surface area contributed by atoms with Crippen molar-refractivity contribution in [2.75, 3.05) is 32.1 Å². The van der Waals surface area contributed by atoms with Crippen molar-refractivity contribution in [3.63, 3.8) is 0 Å². The number of nitrogens with one attached hydrogen (secondary N) is 9. The van der Waals surface area contributed by atoms with Gasteiger partial charge in [-0.2, -0.15) is 0 Å². The zero-order valence-corrected chi connectivity index (χ0v) is 70.9. The number of anilines is 1. The lowest BCUT2D eigenvalue weighted by molar-refractivity contribution is -0.334.